The van der Waals surface area contributed by atoms with E-state index in [1.54, 1.807) is 41.7 Å². The van der Waals surface area contributed by atoms with E-state index in [2.05, 4.69) is 10.6 Å². The molecular weight excluding hydrogens is 400 g/mol. The molecule has 0 spiro atoms. The molecule has 4 rings (SSSR count). The number of primary amides is 1. The van der Waals surface area contributed by atoms with E-state index in [0.717, 1.165) is 16.1 Å². The highest BCUT2D eigenvalue weighted by Crippen LogP contribution is 2.35. The Labute approximate surface area is 177 Å². The van der Waals surface area contributed by atoms with E-state index in [9.17, 15) is 14.4 Å². The van der Waals surface area contributed by atoms with Crippen molar-refractivity contribution in [2.24, 2.45) is 5.73 Å². The minimum absolute atomic E-state index is 0.153. The van der Waals surface area contributed by atoms with Gasteiger partial charge in [-0.1, -0.05) is 12.1 Å². The van der Waals surface area contributed by atoms with E-state index >= 15 is 0 Å². The smallest absolute Gasteiger partial charge is 0.256 e. The first-order chi connectivity index (χ1) is 14.5. The number of nitrogens with two attached hydrogens (primary N) is 1. The van der Waals surface area contributed by atoms with E-state index in [-0.39, 0.29) is 18.2 Å². The average Bonchev–Trinajstić information content (AvgIpc) is 3.35. The maximum absolute atomic E-state index is 12.4. The van der Waals surface area contributed by atoms with Gasteiger partial charge in [-0.05, 0) is 48.0 Å². The van der Waals surface area contributed by atoms with Crippen molar-refractivity contribution >= 4 is 52.1 Å². The van der Waals surface area contributed by atoms with E-state index in [1.165, 1.54) is 0 Å². The quantitative estimate of drug-likeness (QED) is 0.625. The normalized spacial score (nSPS) is 16.3. The number of anilines is 2. The zero-order valence-electron chi connectivity index (χ0n) is 16.1. The summed E-state index contributed by atoms with van der Waals surface area (Å²) in [5.74, 6) is -0.766. The van der Waals surface area contributed by atoms with Crippen LogP contribution in [-0.2, 0) is 14.4 Å². The van der Waals surface area contributed by atoms with Crippen LogP contribution in [-0.4, -0.2) is 35.7 Å². The molecule has 3 amide bonds. The van der Waals surface area contributed by atoms with Gasteiger partial charge in [0.05, 0.1) is 5.57 Å². The Balaban J connectivity index is 1.40. The van der Waals surface area contributed by atoms with E-state index < -0.39 is 5.91 Å². The Morgan fingerprint density at radius 1 is 1.30 bits per heavy atom. The zero-order chi connectivity index (χ0) is 21.1. The van der Waals surface area contributed by atoms with Crippen molar-refractivity contribution in [3.8, 4) is 0 Å². The molecule has 0 saturated carbocycles. The molecule has 1 aromatic carbocycles. The fraction of sp³-hybridized carbons (Fsp3) is 0.136. The predicted molar refractivity (Wildman–Crippen MR) is 118 cm³/mol. The maximum Gasteiger partial charge on any atom is 0.256 e. The van der Waals surface area contributed by atoms with Crippen LogP contribution in [0.25, 0.3) is 11.6 Å². The molecule has 7 nitrogen and oxygen atoms in total. The number of nitrogens with one attached hydrogen (secondary N) is 2. The monoisotopic (exact) mass is 420 g/mol. The van der Waals surface area contributed by atoms with Gasteiger partial charge in [0.25, 0.3) is 5.91 Å². The number of thiophene rings is 1. The Kier molecular flexibility index (Phi) is 5.49. The molecule has 2 aliphatic heterocycles. The average molecular weight is 420 g/mol. The van der Waals surface area contributed by atoms with Crippen molar-refractivity contribution < 1.29 is 14.4 Å². The molecule has 2 aromatic rings. The third-order valence-corrected chi connectivity index (χ3v) is 5.65. The minimum atomic E-state index is -0.457. The van der Waals surface area contributed by atoms with Gasteiger partial charge in [-0.3, -0.25) is 14.4 Å². The first-order valence-corrected chi connectivity index (χ1v) is 10.3. The molecule has 0 atom stereocenters. The maximum atomic E-state index is 12.4. The number of carbonyl (C=O) groups is 3. The summed E-state index contributed by atoms with van der Waals surface area (Å²) in [6.45, 7) is 0.851. The summed E-state index contributed by atoms with van der Waals surface area (Å²) in [7, 11) is 0. The second-order valence-electron chi connectivity index (χ2n) is 6.95. The van der Waals surface area contributed by atoms with E-state index in [1.807, 2.05) is 34.7 Å². The summed E-state index contributed by atoms with van der Waals surface area (Å²) in [6, 6.07) is 9.23. The van der Waals surface area contributed by atoms with Crippen molar-refractivity contribution in [1.29, 1.82) is 0 Å². The zero-order valence-corrected chi connectivity index (χ0v) is 16.9. The third kappa shape index (κ3) is 4.33. The van der Waals surface area contributed by atoms with Crippen LogP contribution in [0, 0.1) is 0 Å². The molecule has 0 bridgehead atoms. The van der Waals surface area contributed by atoms with Crippen LogP contribution in [0.15, 0.2) is 59.6 Å². The largest absolute Gasteiger partial charge is 0.372 e. The van der Waals surface area contributed by atoms with Gasteiger partial charge in [0, 0.05) is 46.9 Å². The Bertz CT molecular complexity index is 1100. The molecule has 0 aliphatic carbocycles. The van der Waals surface area contributed by atoms with Crippen molar-refractivity contribution in [3.05, 3.63) is 70.1 Å². The molecule has 0 fully saturated rings. The lowest BCUT2D eigenvalue weighted by atomic mass is 10.1. The molecule has 0 unspecified atom stereocenters. The van der Waals surface area contributed by atoms with E-state index in [4.69, 9.17) is 5.73 Å². The fourth-order valence-electron chi connectivity index (χ4n) is 3.31. The molecule has 8 heteroatoms. The van der Waals surface area contributed by atoms with Crippen molar-refractivity contribution in [3.63, 3.8) is 0 Å². The van der Waals surface area contributed by atoms with Gasteiger partial charge in [0.1, 0.15) is 0 Å². The highest BCUT2D eigenvalue weighted by Gasteiger charge is 2.24. The molecule has 1 aromatic heterocycles. The molecule has 0 radical (unpaired) electrons. The number of nitrogens with zero attached hydrogens (tertiary/aromatic N) is 1. The minimum Gasteiger partial charge on any atom is -0.372 e. The van der Waals surface area contributed by atoms with Gasteiger partial charge in [-0.15, -0.1) is 11.3 Å². The Hall–Kier alpha value is -3.65. The number of hydrogen-bond acceptors (Lipinski definition) is 5. The standard InChI is InChI=1S/C22H20N4O3S/c23-21(28)14-3-1-8-26(13-14)9-7-20(27)24-15-5-6-19-17(11-15)18(22(29)25-19)12-16-4-2-10-30-16/h1-6,8,10-12H,7,9,13H2,(H2,23,28)(H,24,27)(H,25,29). The summed E-state index contributed by atoms with van der Waals surface area (Å²) >= 11 is 1.55. The Morgan fingerprint density at radius 3 is 2.93 bits per heavy atom. The van der Waals surface area contributed by atoms with Crippen LogP contribution < -0.4 is 16.4 Å². The number of hydrogen-bond donors (Lipinski definition) is 3. The number of allylic oxidation sites excluding steroid dienone is 2. The van der Waals surface area contributed by atoms with Crippen LogP contribution >= 0.6 is 11.3 Å². The summed E-state index contributed by atoms with van der Waals surface area (Å²) < 4.78 is 0. The van der Waals surface area contributed by atoms with Crippen molar-refractivity contribution in [2.75, 3.05) is 23.7 Å². The molecule has 4 N–H and O–H groups in total. The topological polar surface area (TPSA) is 105 Å². The fourth-order valence-corrected chi connectivity index (χ4v) is 3.97. The lowest BCUT2D eigenvalue weighted by Gasteiger charge is -2.23. The summed E-state index contributed by atoms with van der Waals surface area (Å²) in [5.41, 5.74) is 8.52. The number of rotatable bonds is 6. The van der Waals surface area contributed by atoms with Crippen LogP contribution in [0.4, 0.5) is 11.4 Å². The summed E-state index contributed by atoms with van der Waals surface area (Å²) in [5, 5.41) is 7.68. The molecule has 2 aliphatic rings. The summed E-state index contributed by atoms with van der Waals surface area (Å²) in [6.07, 6.45) is 7.36. The van der Waals surface area contributed by atoms with Gasteiger partial charge < -0.3 is 21.3 Å². The molecule has 152 valence electrons. The number of amides is 3. The highest BCUT2D eigenvalue weighted by atomic mass is 32.1. The van der Waals surface area contributed by atoms with Crippen LogP contribution in [0.2, 0.25) is 0 Å². The van der Waals surface area contributed by atoms with Gasteiger partial charge in [0.2, 0.25) is 11.8 Å². The van der Waals surface area contributed by atoms with E-state index in [0.29, 0.717) is 29.9 Å². The third-order valence-electron chi connectivity index (χ3n) is 4.83. The lowest BCUT2D eigenvalue weighted by Crippen LogP contribution is -2.30. The SMILES string of the molecule is NC(=O)C1=CC=CN(CCC(=O)Nc2ccc3c(c2)C(=Cc2cccs2)C(=O)N3)C1. The molecule has 30 heavy (non-hydrogen) atoms. The van der Waals surface area contributed by atoms with Crippen LogP contribution in [0.1, 0.15) is 16.9 Å². The van der Waals surface area contributed by atoms with Gasteiger partial charge in [-0.25, -0.2) is 0 Å². The summed E-state index contributed by atoms with van der Waals surface area (Å²) in [4.78, 5) is 38.9. The Morgan fingerprint density at radius 2 is 2.17 bits per heavy atom. The molecule has 0 saturated heterocycles. The van der Waals surface area contributed by atoms with Gasteiger partial charge >= 0.3 is 0 Å². The first-order valence-electron chi connectivity index (χ1n) is 9.41. The molecule has 3 heterocycles. The number of fused-ring (bicyclic) bond motifs is 1. The first kappa shape index (κ1) is 19.7. The number of benzene rings is 1. The molecular formula is C22H20N4O3S. The van der Waals surface area contributed by atoms with Crippen molar-refractivity contribution in [1.82, 2.24) is 4.90 Å². The number of carbonyl (C=O) groups excluding carboxylic acids is 3. The second-order valence-corrected chi connectivity index (χ2v) is 7.93. The van der Waals surface area contributed by atoms with Crippen molar-refractivity contribution in [2.45, 2.75) is 6.42 Å². The predicted octanol–water partition coefficient (Wildman–Crippen LogP) is 2.81. The van der Waals surface area contributed by atoms with Gasteiger partial charge in [-0.2, -0.15) is 0 Å². The highest BCUT2D eigenvalue weighted by molar-refractivity contribution is 7.11. The van der Waals surface area contributed by atoms with Crippen LogP contribution in [0.3, 0.4) is 0 Å². The lowest BCUT2D eigenvalue weighted by molar-refractivity contribution is -0.116. The second kappa shape index (κ2) is 8.38. The van der Waals surface area contributed by atoms with Gasteiger partial charge in [0.15, 0.2) is 0 Å². The van der Waals surface area contributed by atoms with Crippen LogP contribution in [0.5, 0.6) is 0 Å².